The predicted octanol–water partition coefficient (Wildman–Crippen LogP) is 2.14. The molecule has 0 saturated heterocycles. The third-order valence-corrected chi connectivity index (χ3v) is 4.05. The summed E-state index contributed by atoms with van der Waals surface area (Å²) in [5, 5.41) is 0. The Hall–Kier alpha value is -2.62. The van der Waals surface area contributed by atoms with Crippen LogP contribution in [-0.4, -0.2) is 14.0 Å². The lowest BCUT2D eigenvalue weighted by Gasteiger charge is -1.95. The molecule has 0 aromatic carbocycles. The highest BCUT2D eigenvalue weighted by Crippen LogP contribution is 2.33. The van der Waals surface area contributed by atoms with Gasteiger partial charge in [0.05, 0.1) is 22.8 Å². The van der Waals surface area contributed by atoms with Crippen LogP contribution in [0.1, 0.15) is 9.68 Å². The molecule has 4 nitrogen and oxygen atoms in total. The Kier molecular flexibility index (Phi) is 1.29. The number of aromatic nitrogens is 4. The lowest BCUT2D eigenvalue weighted by atomic mass is 10.2. The van der Waals surface area contributed by atoms with Crippen LogP contribution in [-0.2, 0) is 13.5 Å². The molecular weight excluding hydrogens is 248 g/mol. The fourth-order valence-electron chi connectivity index (χ4n) is 3.19. The maximum absolute atomic E-state index is 8.04. The number of hydrogen-bond acceptors (Lipinski definition) is 1. The van der Waals surface area contributed by atoms with Crippen LogP contribution in [0, 0.1) is 0 Å². The average Bonchev–Trinajstić information content (AvgIpc) is 3.13. The third-order valence-electron chi connectivity index (χ3n) is 4.05. The maximum Gasteiger partial charge on any atom is 0.309 e. The standard InChI is InChI=1S/C16H13N4/c1-18-15-12-6-2-3-8-19(12)10-13(15)20-9-11-5-4-7-17-14(11)16(18)20/h2-8,10H,9H2,1H3/q+1/i1D3. The zero-order valence-electron chi connectivity index (χ0n) is 13.6. The van der Waals surface area contributed by atoms with Gasteiger partial charge in [-0.15, -0.1) is 0 Å². The number of aryl methyl sites for hydroxylation is 1. The van der Waals surface area contributed by atoms with Gasteiger partial charge in [0.1, 0.15) is 6.54 Å². The number of rotatable bonds is 0. The van der Waals surface area contributed by atoms with Crippen molar-refractivity contribution in [1.29, 1.82) is 0 Å². The highest BCUT2D eigenvalue weighted by molar-refractivity contribution is 5.91. The van der Waals surface area contributed by atoms with Crippen LogP contribution < -0.4 is 4.57 Å². The first kappa shape index (κ1) is 7.85. The van der Waals surface area contributed by atoms with Crippen LogP contribution in [0.3, 0.4) is 0 Å². The molecule has 4 aromatic rings. The van der Waals surface area contributed by atoms with E-state index in [-0.39, 0.29) is 0 Å². The predicted molar refractivity (Wildman–Crippen MR) is 76.4 cm³/mol. The van der Waals surface area contributed by atoms with Gasteiger partial charge in [0.15, 0.2) is 16.7 Å². The summed E-state index contributed by atoms with van der Waals surface area (Å²) in [5.41, 5.74) is 4.35. The van der Waals surface area contributed by atoms with Crippen LogP contribution in [0.25, 0.3) is 28.1 Å². The maximum atomic E-state index is 8.04. The minimum Gasteiger partial charge on any atom is -0.316 e. The molecule has 0 bridgehead atoms. The summed E-state index contributed by atoms with van der Waals surface area (Å²) >= 11 is 0. The van der Waals surface area contributed by atoms with Crippen molar-refractivity contribution in [3.63, 3.8) is 0 Å². The van der Waals surface area contributed by atoms with Crippen LogP contribution >= 0.6 is 0 Å². The third kappa shape index (κ3) is 1.04. The van der Waals surface area contributed by atoms with Crippen molar-refractivity contribution in [2.45, 2.75) is 6.54 Å². The Bertz CT molecular complexity index is 1090. The summed E-state index contributed by atoms with van der Waals surface area (Å²) in [6, 6.07) is 9.69. The second-order valence-electron chi connectivity index (χ2n) is 5.11. The molecule has 0 radical (unpaired) electrons. The van der Waals surface area contributed by atoms with E-state index in [4.69, 9.17) is 4.11 Å². The van der Waals surface area contributed by atoms with Gasteiger partial charge >= 0.3 is 5.82 Å². The molecule has 4 heteroatoms. The zero-order valence-corrected chi connectivity index (χ0v) is 10.6. The van der Waals surface area contributed by atoms with E-state index in [1.54, 1.807) is 6.20 Å². The molecule has 0 N–H and O–H groups in total. The van der Waals surface area contributed by atoms with Crippen molar-refractivity contribution in [2.75, 3.05) is 0 Å². The molecule has 0 spiro atoms. The zero-order chi connectivity index (χ0) is 15.8. The molecule has 0 aliphatic carbocycles. The van der Waals surface area contributed by atoms with Gasteiger partial charge in [0, 0.05) is 18.0 Å². The Balaban J connectivity index is 2.01. The molecule has 0 saturated carbocycles. The Labute approximate surface area is 119 Å². The van der Waals surface area contributed by atoms with E-state index in [2.05, 4.69) is 4.98 Å². The van der Waals surface area contributed by atoms with Gasteiger partial charge in [-0.25, -0.2) is 14.1 Å². The van der Waals surface area contributed by atoms with E-state index in [1.165, 1.54) is 4.57 Å². The first-order chi connectivity index (χ1) is 11.1. The van der Waals surface area contributed by atoms with Crippen molar-refractivity contribution in [1.82, 2.24) is 14.0 Å². The molecule has 20 heavy (non-hydrogen) atoms. The van der Waals surface area contributed by atoms with Gasteiger partial charge in [-0.3, -0.25) is 0 Å². The average molecular weight is 264 g/mol. The molecule has 96 valence electrons. The molecule has 0 fully saturated rings. The lowest BCUT2D eigenvalue weighted by Crippen LogP contribution is -2.29. The summed E-state index contributed by atoms with van der Waals surface area (Å²) in [7, 11) is 0. The van der Waals surface area contributed by atoms with Crippen molar-refractivity contribution < 1.29 is 8.68 Å². The number of pyridine rings is 2. The number of fused-ring (bicyclic) bond motifs is 7. The normalized spacial score (nSPS) is 15.9. The first-order valence-electron chi connectivity index (χ1n) is 8.04. The van der Waals surface area contributed by atoms with Gasteiger partial charge in [-0.2, -0.15) is 0 Å². The van der Waals surface area contributed by atoms with Crippen molar-refractivity contribution in [3.8, 4) is 11.5 Å². The van der Waals surface area contributed by atoms with Gasteiger partial charge in [0.25, 0.3) is 0 Å². The van der Waals surface area contributed by atoms with E-state index in [1.807, 2.05) is 51.7 Å². The quantitative estimate of drug-likeness (QED) is 0.394. The Morgan fingerprint density at radius 2 is 2.25 bits per heavy atom. The van der Waals surface area contributed by atoms with Crippen molar-refractivity contribution in [3.05, 3.63) is 54.5 Å². The van der Waals surface area contributed by atoms with Crippen molar-refractivity contribution in [2.24, 2.45) is 6.98 Å². The summed E-state index contributed by atoms with van der Waals surface area (Å²) < 4.78 is 29.6. The largest absolute Gasteiger partial charge is 0.316 e. The Morgan fingerprint density at radius 1 is 1.25 bits per heavy atom. The van der Waals surface area contributed by atoms with Gasteiger partial charge in [-0.1, -0.05) is 12.1 Å². The van der Waals surface area contributed by atoms with Crippen LogP contribution in [0.15, 0.2) is 48.9 Å². The minimum absolute atomic E-state index is 0.648. The minimum atomic E-state index is -2.27. The summed E-state index contributed by atoms with van der Waals surface area (Å²) in [6.07, 6.45) is 5.64. The molecule has 0 amide bonds. The van der Waals surface area contributed by atoms with E-state index in [0.717, 1.165) is 27.8 Å². The molecular formula is C16H13N4+. The molecule has 1 aliphatic heterocycles. The highest BCUT2D eigenvalue weighted by Gasteiger charge is 2.34. The van der Waals surface area contributed by atoms with Gasteiger partial charge in [0.2, 0.25) is 0 Å². The summed E-state index contributed by atoms with van der Waals surface area (Å²) in [4.78, 5) is 4.43. The molecule has 0 unspecified atom stereocenters. The fourth-order valence-corrected chi connectivity index (χ4v) is 3.19. The summed E-state index contributed by atoms with van der Waals surface area (Å²) in [5.74, 6) is 0.664. The smallest absolute Gasteiger partial charge is 0.309 e. The van der Waals surface area contributed by atoms with E-state index in [9.17, 15) is 0 Å². The fraction of sp³-hybridized carbons (Fsp3) is 0.125. The van der Waals surface area contributed by atoms with Crippen LogP contribution in [0.2, 0.25) is 0 Å². The molecule has 5 rings (SSSR count). The lowest BCUT2D eigenvalue weighted by molar-refractivity contribution is -0.633. The highest BCUT2D eigenvalue weighted by atomic mass is 15.2. The first-order valence-corrected chi connectivity index (χ1v) is 6.54. The number of nitrogens with zero attached hydrogens (tertiary/aromatic N) is 4. The molecule has 1 aliphatic rings. The van der Waals surface area contributed by atoms with E-state index >= 15 is 0 Å². The van der Waals surface area contributed by atoms with Gasteiger partial charge in [-0.05, 0) is 18.2 Å². The van der Waals surface area contributed by atoms with E-state index in [0.29, 0.717) is 12.4 Å². The number of hydrogen-bond donors (Lipinski definition) is 0. The SMILES string of the molecule is [2H]C([2H])([2H])[n+]1c2n(c3cn4ccccc4c31)Cc1cccnc1-2. The topological polar surface area (TPSA) is 26.1 Å². The van der Waals surface area contributed by atoms with Crippen LogP contribution in [0.5, 0.6) is 0 Å². The monoisotopic (exact) mass is 264 g/mol. The summed E-state index contributed by atoms with van der Waals surface area (Å²) in [6.45, 7) is -1.62. The molecule has 4 aromatic heterocycles. The molecule has 5 heterocycles. The van der Waals surface area contributed by atoms with Crippen molar-refractivity contribution >= 4 is 16.6 Å². The van der Waals surface area contributed by atoms with Crippen LogP contribution in [0.4, 0.5) is 0 Å². The van der Waals surface area contributed by atoms with E-state index < -0.39 is 6.98 Å². The van der Waals surface area contributed by atoms with Gasteiger partial charge < -0.3 is 4.40 Å². The number of imidazole rings is 1. The second-order valence-corrected chi connectivity index (χ2v) is 5.11. The molecule has 0 atom stereocenters. The Morgan fingerprint density at radius 3 is 3.20 bits per heavy atom. The second kappa shape index (κ2) is 3.28.